The maximum absolute atomic E-state index is 4.05. The van der Waals surface area contributed by atoms with E-state index in [1.54, 1.807) is 0 Å². The molecule has 1 aliphatic rings. The molecular weight excluding hydrogens is 148 g/mol. The third kappa shape index (κ3) is 1.47. The summed E-state index contributed by atoms with van der Waals surface area (Å²) < 4.78 is 0. The Balaban J connectivity index is 2.69. The fraction of sp³-hybridized carbons (Fsp3) is 0.600. The molecule has 0 aromatic heterocycles. The number of hydrogen-bond donors (Lipinski definition) is 0. The van der Waals surface area contributed by atoms with Crippen LogP contribution in [-0.2, 0) is 0 Å². The van der Waals surface area contributed by atoms with Crippen molar-refractivity contribution in [2.24, 2.45) is 0 Å². The predicted molar refractivity (Wildman–Crippen MR) is 52.2 cm³/mol. The van der Waals surface area contributed by atoms with E-state index in [4.69, 9.17) is 0 Å². The van der Waals surface area contributed by atoms with Crippen LogP contribution in [-0.4, -0.2) is 21.9 Å². The smallest absolute Gasteiger partial charge is 0.105 e. The van der Waals surface area contributed by atoms with Crippen LogP contribution in [0.1, 0.15) is 27.7 Å². The van der Waals surface area contributed by atoms with Crippen LogP contribution in [0.3, 0.4) is 0 Å². The molecular formula is C10H18N2. The van der Waals surface area contributed by atoms with Crippen LogP contribution in [0.5, 0.6) is 0 Å². The van der Waals surface area contributed by atoms with Crippen LogP contribution >= 0.6 is 0 Å². The molecule has 1 aliphatic heterocycles. The second-order valence-corrected chi connectivity index (χ2v) is 3.72. The molecule has 0 aliphatic carbocycles. The minimum absolute atomic E-state index is 0.498. The van der Waals surface area contributed by atoms with E-state index in [0.717, 1.165) is 5.82 Å². The summed E-state index contributed by atoms with van der Waals surface area (Å²) in [5, 5.41) is 0. The first-order valence-corrected chi connectivity index (χ1v) is 4.48. The largest absolute Gasteiger partial charge is 0.331 e. The van der Waals surface area contributed by atoms with Gasteiger partial charge >= 0.3 is 0 Å². The third-order valence-corrected chi connectivity index (χ3v) is 2.10. The lowest BCUT2D eigenvalue weighted by Gasteiger charge is -2.29. The number of nitrogens with zero attached hydrogens (tertiary/aromatic N) is 2. The normalized spacial score (nSPS) is 17.3. The Morgan fingerprint density at radius 2 is 1.33 bits per heavy atom. The molecule has 0 fully saturated rings. The molecule has 0 N–H and O–H groups in total. The molecule has 68 valence electrons. The maximum atomic E-state index is 4.05. The Bertz CT molecular complexity index is 184. The number of hydrogen-bond acceptors (Lipinski definition) is 2. The van der Waals surface area contributed by atoms with E-state index in [-0.39, 0.29) is 0 Å². The van der Waals surface area contributed by atoms with Crippen molar-refractivity contribution >= 4 is 0 Å². The summed E-state index contributed by atoms with van der Waals surface area (Å²) in [6.07, 6.45) is 4.18. The maximum Gasteiger partial charge on any atom is 0.105 e. The highest BCUT2D eigenvalue weighted by atomic mass is 15.4. The SMILES string of the molecule is C=C1N(C(C)C)C=CN1C(C)C. The van der Waals surface area contributed by atoms with E-state index in [9.17, 15) is 0 Å². The van der Waals surface area contributed by atoms with Crippen molar-refractivity contribution in [1.29, 1.82) is 0 Å². The molecule has 0 unspecified atom stereocenters. The highest BCUT2D eigenvalue weighted by Gasteiger charge is 2.21. The van der Waals surface area contributed by atoms with Crippen LogP contribution in [0.2, 0.25) is 0 Å². The molecule has 1 heterocycles. The Morgan fingerprint density at radius 3 is 1.50 bits per heavy atom. The molecule has 0 spiro atoms. The Morgan fingerprint density at radius 1 is 1.00 bits per heavy atom. The van der Waals surface area contributed by atoms with Gasteiger partial charge in [0.25, 0.3) is 0 Å². The van der Waals surface area contributed by atoms with Crippen molar-refractivity contribution in [3.63, 3.8) is 0 Å². The summed E-state index contributed by atoms with van der Waals surface area (Å²) >= 11 is 0. The monoisotopic (exact) mass is 166 g/mol. The molecule has 1 rings (SSSR count). The van der Waals surface area contributed by atoms with Gasteiger partial charge in [0, 0.05) is 24.5 Å². The molecule has 2 nitrogen and oxygen atoms in total. The van der Waals surface area contributed by atoms with Crippen molar-refractivity contribution in [3.8, 4) is 0 Å². The van der Waals surface area contributed by atoms with Crippen LogP contribution in [0, 0.1) is 0 Å². The van der Waals surface area contributed by atoms with Crippen molar-refractivity contribution in [2.45, 2.75) is 39.8 Å². The Labute approximate surface area is 75.2 Å². The highest BCUT2D eigenvalue weighted by molar-refractivity contribution is 5.12. The van der Waals surface area contributed by atoms with E-state index < -0.39 is 0 Å². The molecule has 12 heavy (non-hydrogen) atoms. The van der Waals surface area contributed by atoms with Crippen molar-refractivity contribution in [1.82, 2.24) is 9.80 Å². The lowest BCUT2D eigenvalue weighted by molar-refractivity contribution is 0.287. The standard InChI is InChI=1S/C10H18N2/c1-8(2)11-6-7-12(9(3)4)10(11)5/h6-9H,5H2,1-4H3. The third-order valence-electron chi connectivity index (χ3n) is 2.10. The average Bonchev–Trinajstić information content (AvgIpc) is 2.30. The van der Waals surface area contributed by atoms with Gasteiger partial charge in [-0.3, -0.25) is 0 Å². The average molecular weight is 166 g/mol. The van der Waals surface area contributed by atoms with Gasteiger partial charge in [-0.05, 0) is 27.7 Å². The highest BCUT2D eigenvalue weighted by Crippen LogP contribution is 2.22. The van der Waals surface area contributed by atoms with Gasteiger partial charge in [-0.2, -0.15) is 0 Å². The predicted octanol–water partition coefficient (Wildman–Crippen LogP) is 2.36. The van der Waals surface area contributed by atoms with Gasteiger partial charge in [-0.15, -0.1) is 0 Å². The fourth-order valence-corrected chi connectivity index (χ4v) is 1.39. The molecule has 0 atom stereocenters. The summed E-state index contributed by atoms with van der Waals surface area (Å²) in [7, 11) is 0. The molecule has 0 amide bonds. The fourth-order valence-electron chi connectivity index (χ4n) is 1.39. The summed E-state index contributed by atoms with van der Waals surface area (Å²) in [5.74, 6) is 1.08. The molecule has 2 heteroatoms. The zero-order valence-electron chi connectivity index (χ0n) is 8.41. The van der Waals surface area contributed by atoms with E-state index in [1.807, 2.05) is 0 Å². The van der Waals surface area contributed by atoms with Gasteiger partial charge in [0.1, 0.15) is 5.82 Å². The molecule has 0 radical (unpaired) electrons. The number of rotatable bonds is 2. The molecule has 0 bridgehead atoms. The lowest BCUT2D eigenvalue weighted by atomic mass is 10.3. The van der Waals surface area contributed by atoms with Crippen LogP contribution in [0.25, 0.3) is 0 Å². The Hall–Kier alpha value is -0.920. The second kappa shape index (κ2) is 3.21. The molecule has 0 aromatic rings. The van der Waals surface area contributed by atoms with Crippen LogP contribution < -0.4 is 0 Å². The summed E-state index contributed by atoms with van der Waals surface area (Å²) in [5.41, 5.74) is 0. The first-order valence-electron chi connectivity index (χ1n) is 4.48. The van der Waals surface area contributed by atoms with Crippen LogP contribution in [0.15, 0.2) is 24.8 Å². The van der Waals surface area contributed by atoms with E-state index in [1.165, 1.54) is 0 Å². The Kier molecular flexibility index (Phi) is 2.46. The summed E-state index contributed by atoms with van der Waals surface area (Å²) in [6.45, 7) is 12.7. The minimum atomic E-state index is 0.498. The van der Waals surface area contributed by atoms with E-state index in [2.05, 4.69) is 56.5 Å². The van der Waals surface area contributed by atoms with Gasteiger partial charge in [0.2, 0.25) is 0 Å². The topological polar surface area (TPSA) is 6.48 Å². The molecule has 0 saturated heterocycles. The van der Waals surface area contributed by atoms with Gasteiger partial charge in [-0.25, -0.2) is 0 Å². The summed E-state index contributed by atoms with van der Waals surface area (Å²) in [6, 6.07) is 0.995. The zero-order chi connectivity index (χ0) is 9.30. The quantitative estimate of drug-likeness (QED) is 0.621. The van der Waals surface area contributed by atoms with E-state index in [0.29, 0.717) is 12.1 Å². The van der Waals surface area contributed by atoms with Crippen molar-refractivity contribution in [2.75, 3.05) is 0 Å². The van der Waals surface area contributed by atoms with Gasteiger partial charge in [0.15, 0.2) is 0 Å². The second-order valence-electron chi connectivity index (χ2n) is 3.72. The van der Waals surface area contributed by atoms with Gasteiger partial charge in [-0.1, -0.05) is 6.58 Å². The zero-order valence-corrected chi connectivity index (χ0v) is 8.41. The molecule has 0 saturated carbocycles. The molecule has 0 aromatic carbocycles. The first-order chi connectivity index (χ1) is 5.54. The minimum Gasteiger partial charge on any atom is -0.331 e. The van der Waals surface area contributed by atoms with Gasteiger partial charge < -0.3 is 9.80 Å². The summed E-state index contributed by atoms with van der Waals surface area (Å²) in [4.78, 5) is 4.36. The van der Waals surface area contributed by atoms with E-state index >= 15 is 0 Å². The first kappa shape index (κ1) is 9.17. The van der Waals surface area contributed by atoms with Gasteiger partial charge in [0.05, 0.1) is 0 Å². The lowest BCUT2D eigenvalue weighted by Crippen LogP contribution is -2.30. The van der Waals surface area contributed by atoms with Crippen molar-refractivity contribution < 1.29 is 0 Å². The van der Waals surface area contributed by atoms with Crippen LogP contribution in [0.4, 0.5) is 0 Å². The van der Waals surface area contributed by atoms with Crippen molar-refractivity contribution in [3.05, 3.63) is 24.8 Å².